The number of nitrogens with one attached hydrogen (secondary N) is 1. The molecule has 1 aromatic heterocycles. The molecule has 0 aliphatic rings. The maximum atomic E-state index is 11.7. The Balaban J connectivity index is 2.35. The molecule has 0 radical (unpaired) electrons. The van der Waals surface area contributed by atoms with Crippen LogP contribution in [-0.2, 0) is 6.54 Å². The molecule has 14 heavy (non-hydrogen) atoms. The van der Waals surface area contributed by atoms with E-state index in [9.17, 15) is 13.2 Å². The first-order valence-corrected chi connectivity index (χ1v) is 4.23. The van der Waals surface area contributed by atoms with Crippen LogP contribution in [0.2, 0.25) is 5.15 Å². The van der Waals surface area contributed by atoms with Crippen molar-refractivity contribution in [2.75, 3.05) is 6.54 Å². The smallest absolute Gasteiger partial charge is 0.305 e. The van der Waals surface area contributed by atoms with Crippen molar-refractivity contribution in [3.05, 3.63) is 29.0 Å². The van der Waals surface area contributed by atoms with Crippen LogP contribution in [-0.4, -0.2) is 17.7 Å². The maximum absolute atomic E-state index is 11.7. The number of pyridine rings is 1. The molecule has 0 spiro atoms. The lowest BCUT2D eigenvalue weighted by molar-refractivity contribution is -0.125. The fourth-order valence-corrected chi connectivity index (χ4v) is 0.971. The third kappa shape index (κ3) is 4.43. The number of alkyl halides is 3. The van der Waals surface area contributed by atoms with Gasteiger partial charge in [0, 0.05) is 12.7 Å². The summed E-state index contributed by atoms with van der Waals surface area (Å²) < 4.78 is 35.2. The number of hydrogen-bond acceptors (Lipinski definition) is 2. The van der Waals surface area contributed by atoms with Crippen LogP contribution in [0.15, 0.2) is 18.3 Å². The van der Waals surface area contributed by atoms with E-state index >= 15 is 0 Å². The quantitative estimate of drug-likeness (QED) is 0.798. The SMILES string of the molecule is FC(F)(F)CNCc1ccc(Cl)nc1. The molecule has 0 saturated carbocycles. The van der Waals surface area contributed by atoms with E-state index < -0.39 is 12.7 Å². The summed E-state index contributed by atoms with van der Waals surface area (Å²) in [4.78, 5) is 3.74. The lowest BCUT2D eigenvalue weighted by atomic mass is 10.3. The van der Waals surface area contributed by atoms with Crippen LogP contribution in [0.4, 0.5) is 13.2 Å². The van der Waals surface area contributed by atoms with Gasteiger partial charge in [0.05, 0.1) is 6.54 Å². The van der Waals surface area contributed by atoms with Crippen LogP contribution in [0.5, 0.6) is 0 Å². The number of aromatic nitrogens is 1. The van der Waals surface area contributed by atoms with E-state index in [1.54, 1.807) is 6.07 Å². The Kier molecular flexibility index (Phi) is 3.71. The molecule has 0 fully saturated rings. The molecule has 1 rings (SSSR count). The van der Waals surface area contributed by atoms with Gasteiger partial charge in [-0.1, -0.05) is 17.7 Å². The first kappa shape index (κ1) is 11.3. The van der Waals surface area contributed by atoms with Crippen molar-refractivity contribution in [1.82, 2.24) is 10.3 Å². The van der Waals surface area contributed by atoms with Crippen LogP contribution >= 0.6 is 11.6 Å². The zero-order chi connectivity index (χ0) is 10.6. The Morgan fingerprint density at radius 3 is 2.57 bits per heavy atom. The molecule has 78 valence electrons. The average molecular weight is 225 g/mol. The Hall–Kier alpha value is -0.810. The third-order valence-corrected chi connectivity index (χ3v) is 1.67. The normalized spacial score (nSPS) is 11.7. The molecule has 0 atom stereocenters. The highest BCUT2D eigenvalue weighted by molar-refractivity contribution is 6.29. The molecule has 1 aromatic rings. The van der Waals surface area contributed by atoms with Crippen molar-refractivity contribution in [1.29, 1.82) is 0 Å². The van der Waals surface area contributed by atoms with Crippen LogP contribution < -0.4 is 5.32 Å². The summed E-state index contributed by atoms with van der Waals surface area (Å²) in [7, 11) is 0. The minimum atomic E-state index is -4.18. The van der Waals surface area contributed by atoms with E-state index in [1.807, 2.05) is 0 Å². The molecule has 6 heteroatoms. The number of halogens is 4. The Morgan fingerprint density at radius 2 is 2.07 bits per heavy atom. The predicted molar refractivity (Wildman–Crippen MR) is 47.0 cm³/mol. The van der Waals surface area contributed by atoms with Gasteiger partial charge >= 0.3 is 6.18 Å². The fraction of sp³-hybridized carbons (Fsp3) is 0.375. The zero-order valence-electron chi connectivity index (χ0n) is 7.11. The minimum absolute atomic E-state index is 0.129. The van der Waals surface area contributed by atoms with E-state index in [1.165, 1.54) is 12.3 Å². The van der Waals surface area contributed by atoms with Crippen molar-refractivity contribution < 1.29 is 13.2 Å². The summed E-state index contributed by atoms with van der Waals surface area (Å²) in [5, 5.41) is 2.58. The van der Waals surface area contributed by atoms with Gasteiger partial charge in [-0.25, -0.2) is 4.98 Å². The summed E-state index contributed by atoms with van der Waals surface area (Å²) >= 11 is 5.51. The van der Waals surface area contributed by atoms with Crippen molar-refractivity contribution in [3.8, 4) is 0 Å². The number of hydrogen-bond donors (Lipinski definition) is 1. The molecule has 0 unspecified atom stereocenters. The molecule has 0 amide bonds. The Labute approximate surface area is 84.1 Å². The van der Waals surface area contributed by atoms with Crippen molar-refractivity contribution >= 4 is 11.6 Å². The molecular formula is C8H8ClF3N2. The molecule has 0 saturated heterocycles. The molecule has 2 nitrogen and oxygen atoms in total. The Morgan fingerprint density at radius 1 is 1.36 bits per heavy atom. The van der Waals surface area contributed by atoms with Crippen molar-refractivity contribution in [2.45, 2.75) is 12.7 Å². The van der Waals surface area contributed by atoms with Crippen LogP contribution in [0.3, 0.4) is 0 Å². The monoisotopic (exact) mass is 224 g/mol. The highest BCUT2D eigenvalue weighted by Crippen LogP contribution is 2.12. The van der Waals surface area contributed by atoms with Crippen molar-refractivity contribution in [3.63, 3.8) is 0 Å². The highest BCUT2D eigenvalue weighted by atomic mass is 35.5. The Bertz CT molecular complexity index is 284. The second-order valence-electron chi connectivity index (χ2n) is 2.71. The molecule has 0 aromatic carbocycles. The van der Waals surface area contributed by atoms with Gasteiger partial charge in [-0.05, 0) is 11.6 Å². The second-order valence-corrected chi connectivity index (χ2v) is 3.10. The standard InChI is InChI=1S/C8H8ClF3N2/c9-7-2-1-6(4-14-7)3-13-5-8(10,11)12/h1-2,4,13H,3,5H2. The summed E-state index contributed by atoms with van der Waals surface area (Å²) in [6, 6.07) is 3.16. The van der Waals surface area contributed by atoms with Gasteiger partial charge < -0.3 is 5.32 Å². The van der Waals surface area contributed by atoms with Gasteiger partial charge in [0.2, 0.25) is 0 Å². The number of rotatable bonds is 3. The maximum Gasteiger partial charge on any atom is 0.401 e. The van der Waals surface area contributed by atoms with Crippen molar-refractivity contribution in [2.24, 2.45) is 0 Å². The fourth-order valence-electron chi connectivity index (χ4n) is 0.860. The molecule has 0 aliphatic heterocycles. The minimum Gasteiger partial charge on any atom is -0.305 e. The molecule has 1 heterocycles. The average Bonchev–Trinajstić information content (AvgIpc) is 2.06. The zero-order valence-corrected chi connectivity index (χ0v) is 7.86. The van der Waals surface area contributed by atoms with E-state index in [-0.39, 0.29) is 6.54 Å². The first-order chi connectivity index (χ1) is 6.47. The van der Waals surface area contributed by atoms with E-state index in [0.717, 1.165) is 0 Å². The van der Waals surface area contributed by atoms with Gasteiger partial charge in [0.1, 0.15) is 5.15 Å². The van der Waals surface area contributed by atoms with Crippen LogP contribution in [0.1, 0.15) is 5.56 Å². The number of nitrogens with zero attached hydrogens (tertiary/aromatic N) is 1. The van der Waals surface area contributed by atoms with Gasteiger partial charge in [0.15, 0.2) is 0 Å². The van der Waals surface area contributed by atoms with E-state index in [0.29, 0.717) is 10.7 Å². The lowest BCUT2D eigenvalue weighted by Gasteiger charge is -2.07. The van der Waals surface area contributed by atoms with Crippen LogP contribution in [0, 0.1) is 0 Å². The predicted octanol–water partition coefficient (Wildman–Crippen LogP) is 2.39. The van der Waals surface area contributed by atoms with Gasteiger partial charge in [0.25, 0.3) is 0 Å². The van der Waals surface area contributed by atoms with E-state index in [2.05, 4.69) is 10.3 Å². The second kappa shape index (κ2) is 4.61. The topological polar surface area (TPSA) is 24.9 Å². The summed E-state index contributed by atoms with van der Waals surface area (Å²) in [5.74, 6) is 0. The summed E-state index contributed by atoms with van der Waals surface area (Å²) in [6.07, 6.45) is -2.74. The molecule has 0 bridgehead atoms. The molecule has 1 N–H and O–H groups in total. The van der Waals surface area contributed by atoms with Gasteiger partial charge in [-0.2, -0.15) is 13.2 Å². The van der Waals surface area contributed by atoms with Gasteiger partial charge in [-0.15, -0.1) is 0 Å². The third-order valence-electron chi connectivity index (χ3n) is 1.44. The molecule has 0 aliphatic carbocycles. The summed E-state index contributed by atoms with van der Waals surface area (Å²) in [5.41, 5.74) is 0.665. The van der Waals surface area contributed by atoms with E-state index in [4.69, 9.17) is 11.6 Å². The van der Waals surface area contributed by atoms with Crippen LogP contribution in [0.25, 0.3) is 0 Å². The lowest BCUT2D eigenvalue weighted by Crippen LogP contribution is -2.28. The molecular weight excluding hydrogens is 217 g/mol. The first-order valence-electron chi connectivity index (χ1n) is 3.85. The highest BCUT2D eigenvalue weighted by Gasteiger charge is 2.25. The van der Waals surface area contributed by atoms with Gasteiger partial charge in [-0.3, -0.25) is 0 Å². The largest absolute Gasteiger partial charge is 0.401 e. The summed E-state index contributed by atoms with van der Waals surface area (Å²) in [6.45, 7) is -0.876.